The molecule has 0 aliphatic carbocycles. The van der Waals surface area contributed by atoms with E-state index in [4.69, 9.17) is 4.42 Å². The molecule has 7 heteroatoms. The molecule has 6 nitrogen and oxygen atoms in total. The first kappa shape index (κ1) is 19.1. The van der Waals surface area contributed by atoms with Crippen LogP contribution in [0, 0.1) is 19.7 Å². The number of benzene rings is 1. The molecule has 3 aromatic rings. The van der Waals surface area contributed by atoms with Crippen LogP contribution in [-0.4, -0.2) is 40.8 Å². The molecule has 0 spiro atoms. The van der Waals surface area contributed by atoms with E-state index in [1.165, 1.54) is 12.1 Å². The molecule has 2 amide bonds. The minimum atomic E-state index is -0.457. The zero-order valence-electron chi connectivity index (χ0n) is 16.4. The quantitative estimate of drug-likeness (QED) is 0.735. The molecular weight excluding hydrogens is 373 g/mol. The summed E-state index contributed by atoms with van der Waals surface area (Å²) in [6.45, 7) is 4.54. The number of halogens is 1. The lowest BCUT2D eigenvalue weighted by Gasteiger charge is -2.32. The first-order chi connectivity index (χ1) is 13.9. The van der Waals surface area contributed by atoms with Gasteiger partial charge in [-0.05, 0) is 51.0 Å². The van der Waals surface area contributed by atoms with Gasteiger partial charge in [0.2, 0.25) is 0 Å². The summed E-state index contributed by atoms with van der Waals surface area (Å²) in [4.78, 5) is 31.4. The van der Waals surface area contributed by atoms with Gasteiger partial charge in [-0.3, -0.25) is 14.6 Å². The molecule has 0 unspecified atom stereocenters. The van der Waals surface area contributed by atoms with Crippen LogP contribution in [0.2, 0.25) is 0 Å². The van der Waals surface area contributed by atoms with Crippen molar-refractivity contribution in [3.63, 3.8) is 0 Å². The van der Waals surface area contributed by atoms with Crippen LogP contribution in [0.3, 0.4) is 0 Å². The number of pyridine rings is 1. The Morgan fingerprint density at radius 2 is 1.93 bits per heavy atom. The van der Waals surface area contributed by atoms with Crippen LogP contribution in [0.15, 0.2) is 40.9 Å². The number of amides is 2. The van der Waals surface area contributed by atoms with E-state index in [1.807, 2.05) is 0 Å². The number of piperidine rings is 1. The number of aryl methyl sites for hydroxylation is 2. The number of nitrogens with one attached hydrogen (secondary N) is 1. The molecule has 1 aromatic carbocycles. The highest BCUT2D eigenvalue weighted by atomic mass is 19.1. The van der Waals surface area contributed by atoms with Gasteiger partial charge >= 0.3 is 0 Å². The largest absolute Gasteiger partial charge is 0.466 e. The molecule has 1 saturated heterocycles. The van der Waals surface area contributed by atoms with E-state index in [9.17, 15) is 14.0 Å². The minimum Gasteiger partial charge on any atom is -0.466 e. The Balaban J connectivity index is 1.43. The van der Waals surface area contributed by atoms with Gasteiger partial charge in [0.05, 0.1) is 16.6 Å². The Morgan fingerprint density at radius 1 is 1.17 bits per heavy atom. The average Bonchev–Trinajstić information content (AvgIpc) is 3.05. The first-order valence-corrected chi connectivity index (χ1v) is 9.64. The maximum atomic E-state index is 14.0. The molecule has 2 aromatic heterocycles. The highest BCUT2D eigenvalue weighted by molar-refractivity contribution is 6.05. The fourth-order valence-corrected chi connectivity index (χ4v) is 3.84. The third kappa shape index (κ3) is 3.85. The van der Waals surface area contributed by atoms with E-state index in [0.29, 0.717) is 53.9 Å². The first-order valence-electron chi connectivity index (χ1n) is 9.64. The lowest BCUT2D eigenvalue weighted by Crippen LogP contribution is -2.46. The van der Waals surface area contributed by atoms with Crippen LogP contribution in [0.25, 0.3) is 10.9 Å². The highest BCUT2D eigenvalue weighted by Gasteiger charge is 2.27. The standard InChI is InChI=1S/C22H22FN3O3/c1-13-10-18(14(2)29-13)21(27)25-17-5-8-26(9-6-17)22(28)19-12-16(23)11-15-4-3-7-24-20(15)19/h3-4,7,10-12,17H,5-6,8-9H2,1-2H3,(H,25,27). The van der Waals surface area contributed by atoms with Crippen molar-refractivity contribution in [2.45, 2.75) is 32.7 Å². The molecule has 4 rings (SSSR count). The second-order valence-electron chi connectivity index (χ2n) is 7.40. The molecule has 1 fully saturated rings. The van der Waals surface area contributed by atoms with Crippen molar-refractivity contribution in [1.29, 1.82) is 0 Å². The van der Waals surface area contributed by atoms with Crippen LogP contribution in [0.1, 0.15) is 45.1 Å². The van der Waals surface area contributed by atoms with Gasteiger partial charge < -0.3 is 14.6 Å². The maximum Gasteiger partial charge on any atom is 0.256 e. The van der Waals surface area contributed by atoms with Gasteiger partial charge in [-0.25, -0.2) is 4.39 Å². The number of aromatic nitrogens is 1. The molecule has 150 valence electrons. The summed E-state index contributed by atoms with van der Waals surface area (Å²) in [6, 6.07) is 7.78. The number of furan rings is 1. The van der Waals surface area contributed by atoms with Crippen molar-refractivity contribution < 1.29 is 18.4 Å². The summed E-state index contributed by atoms with van der Waals surface area (Å²) in [6.07, 6.45) is 2.86. The number of rotatable bonds is 3. The number of hydrogen-bond acceptors (Lipinski definition) is 4. The fourth-order valence-electron chi connectivity index (χ4n) is 3.84. The Bertz CT molecular complexity index is 1080. The predicted octanol–water partition coefficient (Wildman–Crippen LogP) is 3.62. The number of fused-ring (bicyclic) bond motifs is 1. The SMILES string of the molecule is Cc1cc(C(=O)NC2CCN(C(=O)c3cc(F)cc4cccnc34)CC2)c(C)o1. The smallest absolute Gasteiger partial charge is 0.256 e. The Hall–Kier alpha value is -3.22. The van der Waals surface area contributed by atoms with Gasteiger partial charge in [-0.1, -0.05) is 6.07 Å². The normalized spacial score (nSPS) is 14.9. The van der Waals surface area contributed by atoms with Crippen LogP contribution in [0.4, 0.5) is 4.39 Å². The Labute approximate surface area is 167 Å². The monoisotopic (exact) mass is 395 g/mol. The maximum absolute atomic E-state index is 14.0. The van der Waals surface area contributed by atoms with E-state index in [1.54, 1.807) is 43.1 Å². The van der Waals surface area contributed by atoms with Crippen LogP contribution in [0.5, 0.6) is 0 Å². The zero-order chi connectivity index (χ0) is 20.5. The molecule has 3 heterocycles. The summed E-state index contributed by atoms with van der Waals surface area (Å²) < 4.78 is 19.4. The topological polar surface area (TPSA) is 75.4 Å². The summed E-state index contributed by atoms with van der Waals surface area (Å²) in [7, 11) is 0. The highest BCUT2D eigenvalue weighted by Crippen LogP contribution is 2.22. The fraction of sp³-hybridized carbons (Fsp3) is 0.318. The lowest BCUT2D eigenvalue weighted by molar-refractivity contribution is 0.0699. The molecule has 0 atom stereocenters. The Morgan fingerprint density at radius 3 is 2.62 bits per heavy atom. The van der Waals surface area contributed by atoms with E-state index < -0.39 is 5.82 Å². The molecule has 1 aliphatic heterocycles. The van der Waals surface area contributed by atoms with Gasteiger partial charge in [0.1, 0.15) is 17.3 Å². The van der Waals surface area contributed by atoms with Crippen LogP contribution < -0.4 is 5.32 Å². The summed E-state index contributed by atoms with van der Waals surface area (Å²) in [5.74, 6) is 0.438. The van der Waals surface area contributed by atoms with Crippen LogP contribution in [-0.2, 0) is 0 Å². The molecule has 1 aliphatic rings. The lowest BCUT2D eigenvalue weighted by atomic mass is 10.0. The molecule has 29 heavy (non-hydrogen) atoms. The minimum absolute atomic E-state index is 0.0245. The van der Waals surface area contributed by atoms with E-state index in [-0.39, 0.29) is 23.4 Å². The summed E-state index contributed by atoms with van der Waals surface area (Å²) in [5.41, 5.74) is 1.31. The van der Waals surface area contributed by atoms with E-state index >= 15 is 0 Å². The predicted molar refractivity (Wildman–Crippen MR) is 106 cm³/mol. The second-order valence-corrected chi connectivity index (χ2v) is 7.40. The van der Waals surface area contributed by atoms with Gasteiger partial charge in [0.25, 0.3) is 11.8 Å². The number of carbonyl (C=O) groups excluding carboxylic acids is 2. The molecule has 0 saturated carbocycles. The second kappa shape index (κ2) is 7.66. The molecule has 0 bridgehead atoms. The van der Waals surface area contributed by atoms with Gasteiger partial charge in [0, 0.05) is 30.7 Å². The Kier molecular flexibility index (Phi) is 5.05. The van der Waals surface area contributed by atoms with Crippen molar-refractivity contribution in [3.8, 4) is 0 Å². The molecular formula is C22H22FN3O3. The third-order valence-electron chi connectivity index (χ3n) is 5.30. The van der Waals surface area contributed by atoms with Crippen molar-refractivity contribution >= 4 is 22.7 Å². The van der Waals surface area contributed by atoms with Crippen molar-refractivity contribution in [2.75, 3.05) is 13.1 Å². The van der Waals surface area contributed by atoms with Gasteiger partial charge in [-0.15, -0.1) is 0 Å². The summed E-state index contributed by atoms with van der Waals surface area (Å²) in [5, 5.41) is 3.62. The van der Waals surface area contributed by atoms with Gasteiger partial charge in [0.15, 0.2) is 0 Å². The van der Waals surface area contributed by atoms with E-state index in [2.05, 4.69) is 10.3 Å². The zero-order valence-corrected chi connectivity index (χ0v) is 16.4. The number of carbonyl (C=O) groups is 2. The third-order valence-corrected chi connectivity index (χ3v) is 5.30. The van der Waals surface area contributed by atoms with Crippen molar-refractivity contribution in [2.24, 2.45) is 0 Å². The molecule has 1 N–H and O–H groups in total. The van der Waals surface area contributed by atoms with Crippen LogP contribution >= 0.6 is 0 Å². The van der Waals surface area contributed by atoms with Crippen molar-refractivity contribution in [1.82, 2.24) is 15.2 Å². The van der Waals surface area contributed by atoms with Gasteiger partial charge in [-0.2, -0.15) is 0 Å². The molecule has 0 radical (unpaired) electrons. The number of likely N-dealkylation sites (tertiary alicyclic amines) is 1. The number of nitrogens with zero attached hydrogens (tertiary/aromatic N) is 2. The summed E-state index contributed by atoms with van der Waals surface area (Å²) >= 11 is 0. The van der Waals surface area contributed by atoms with Crippen molar-refractivity contribution in [3.05, 3.63) is 65.0 Å². The van der Waals surface area contributed by atoms with E-state index in [0.717, 1.165) is 0 Å². The number of hydrogen-bond donors (Lipinski definition) is 1. The average molecular weight is 395 g/mol.